The van der Waals surface area contributed by atoms with E-state index in [4.69, 9.17) is 0 Å². The van der Waals surface area contributed by atoms with Gasteiger partial charge in [0.15, 0.2) is 5.65 Å². The van der Waals surface area contributed by atoms with Gasteiger partial charge in [-0.05, 0) is 25.0 Å². The van der Waals surface area contributed by atoms with Crippen molar-refractivity contribution in [2.45, 2.75) is 25.3 Å². The highest BCUT2D eigenvalue weighted by Gasteiger charge is 2.19. The quantitative estimate of drug-likeness (QED) is 0.762. The van der Waals surface area contributed by atoms with Crippen molar-refractivity contribution < 1.29 is 9.18 Å². The Morgan fingerprint density at radius 2 is 2.12 bits per heavy atom. The second kappa shape index (κ2) is 6.46. The third-order valence-corrected chi connectivity index (χ3v) is 4.32. The Morgan fingerprint density at radius 1 is 1.24 bits per heavy atom. The van der Waals surface area contributed by atoms with Gasteiger partial charge in [0, 0.05) is 19.0 Å². The summed E-state index contributed by atoms with van der Waals surface area (Å²) in [6.45, 7) is 0.638. The first-order chi connectivity index (χ1) is 12.2. The number of rotatable bonds is 3. The zero-order valence-electron chi connectivity index (χ0n) is 13.4. The van der Waals surface area contributed by atoms with E-state index in [1.54, 1.807) is 24.4 Å². The molecule has 1 amide bonds. The van der Waals surface area contributed by atoms with E-state index in [1.165, 1.54) is 17.1 Å². The lowest BCUT2D eigenvalue weighted by Gasteiger charge is -2.16. The van der Waals surface area contributed by atoms with Crippen molar-refractivity contribution >= 4 is 22.8 Å². The first-order valence-corrected chi connectivity index (χ1v) is 8.19. The summed E-state index contributed by atoms with van der Waals surface area (Å²) in [5.41, 5.74) is 0.872. The van der Waals surface area contributed by atoms with E-state index in [0.717, 1.165) is 12.8 Å². The molecule has 8 heteroatoms. The Hall–Kier alpha value is -3.03. The minimum Gasteiger partial charge on any atom is -0.367 e. The van der Waals surface area contributed by atoms with Crippen LogP contribution < -0.4 is 10.6 Å². The fourth-order valence-electron chi connectivity index (χ4n) is 3.02. The minimum atomic E-state index is -0.367. The van der Waals surface area contributed by atoms with Crippen molar-refractivity contribution in [3.05, 3.63) is 42.6 Å². The second-order valence-electron chi connectivity index (χ2n) is 5.99. The van der Waals surface area contributed by atoms with Crippen LogP contribution in [0.25, 0.3) is 16.7 Å². The standard InChI is InChI=1S/C17H17FN6O/c18-13-3-1-2-4-14(13)24-17-12(9-22-24)16(20-10-21-17)23-11-5-6-15(25)19-8-7-11/h1-4,9-11H,5-8H2,(H,19,25)(H,20,21,23). The summed E-state index contributed by atoms with van der Waals surface area (Å²) < 4.78 is 15.5. The SMILES string of the molecule is O=C1CCC(Nc2ncnc3c2cnn3-c2ccccc2F)CCN1. The van der Waals surface area contributed by atoms with Crippen LogP contribution in [0.15, 0.2) is 36.8 Å². The summed E-state index contributed by atoms with van der Waals surface area (Å²) in [6, 6.07) is 6.56. The number of amides is 1. The van der Waals surface area contributed by atoms with Gasteiger partial charge in [0.2, 0.25) is 5.91 Å². The molecule has 7 nitrogen and oxygen atoms in total. The van der Waals surface area contributed by atoms with Gasteiger partial charge in [0.05, 0.1) is 11.6 Å². The molecule has 1 unspecified atom stereocenters. The number of anilines is 1. The number of fused-ring (bicyclic) bond motifs is 1. The van der Waals surface area contributed by atoms with Gasteiger partial charge in [-0.15, -0.1) is 0 Å². The third kappa shape index (κ3) is 3.02. The smallest absolute Gasteiger partial charge is 0.220 e. The summed E-state index contributed by atoms with van der Waals surface area (Å²) in [4.78, 5) is 20.0. The van der Waals surface area contributed by atoms with Crippen LogP contribution in [0.2, 0.25) is 0 Å². The summed E-state index contributed by atoms with van der Waals surface area (Å²) in [5, 5.41) is 11.2. The van der Waals surface area contributed by atoms with E-state index in [1.807, 2.05) is 0 Å². The third-order valence-electron chi connectivity index (χ3n) is 4.32. The predicted octanol–water partition coefficient (Wildman–Crippen LogP) is 2.04. The van der Waals surface area contributed by atoms with Gasteiger partial charge in [-0.3, -0.25) is 4.79 Å². The molecule has 1 atom stereocenters. The minimum absolute atomic E-state index is 0.0736. The molecule has 0 saturated carbocycles. The molecular weight excluding hydrogens is 323 g/mol. The molecule has 1 aliphatic rings. The molecule has 128 valence electrons. The molecule has 3 heterocycles. The Bertz CT molecular complexity index is 924. The first-order valence-electron chi connectivity index (χ1n) is 8.19. The van der Waals surface area contributed by atoms with Crippen LogP contribution >= 0.6 is 0 Å². The zero-order valence-corrected chi connectivity index (χ0v) is 13.4. The Kier molecular flexibility index (Phi) is 4.01. The number of halogens is 1. The van der Waals surface area contributed by atoms with E-state index in [9.17, 15) is 9.18 Å². The average Bonchev–Trinajstić information content (AvgIpc) is 2.94. The number of aromatic nitrogens is 4. The van der Waals surface area contributed by atoms with Gasteiger partial charge in [-0.1, -0.05) is 12.1 Å². The zero-order chi connectivity index (χ0) is 17.2. The number of carbonyl (C=O) groups excluding carboxylic acids is 1. The Balaban J connectivity index is 1.67. The van der Waals surface area contributed by atoms with Crippen molar-refractivity contribution in [2.75, 3.05) is 11.9 Å². The lowest BCUT2D eigenvalue weighted by Crippen LogP contribution is -2.23. The maximum absolute atomic E-state index is 14.1. The van der Waals surface area contributed by atoms with E-state index >= 15 is 0 Å². The molecular formula is C17H17FN6O. The first kappa shape index (κ1) is 15.5. The maximum atomic E-state index is 14.1. The van der Waals surface area contributed by atoms with Crippen LogP contribution in [-0.4, -0.2) is 38.2 Å². The molecule has 25 heavy (non-hydrogen) atoms. The fraction of sp³-hybridized carbons (Fsp3) is 0.294. The molecule has 3 aromatic rings. The van der Waals surface area contributed by atoms with Crippen molar-refractivity contribution in [3.63, 3.8) is 0 Å². The molecule has 0 radical (unpaired) electrons. The lowest BCUT2D eigenvalue weighted by molar-refractivity contribution is -0.120. The predicted molar refractivity (Wildman–Crippen MR) is 90.9 cm³/mol. The van der Waals surface area contributed by atoms with Gasteiger partial charge in [-0.25, -0.2) is 19.0 Å². The van der Waals surface area contributed by atoms with Crippen LogP contribution in [0.5, 0.6) is 0 Å². The highest BCUT2D eigenvalue weighted by molar-refractivity contribution is 5.87. The summed E-state index contributed by atoms with van der Waals surface area (Å²) in [5.74, 6) is 0.352. The number of nitrogens with one attached hydrogen (secondary N) is 2. The van der Waals surface area contributed by atoms with Crippen molar-refractivity contribution in [1.82, 2.24) is 25.1 Å². The van der Waals surface area contributed by atoms with Crippen LogP contribution in [0.4, 0.5) is 10.2 Å². The van der Waals surface area contributed by atoms with Gasteiger partial charge >= 0.3 is 0 Å². The lowest BCUT2D eigenvalue weighted by atomic mass is 10.1. The summed E-state index contributed by atoms with van der Waals surface area (Å²) >= 11 is 0. The second-order valence-corrected chi connectivity index (χ2v) is 5.99. The van der Waals surface area contributed by atoms with Crippen LogP contribution in [0.1, 0.15) is 19.3 Å². The van der Waals surface area contributed by atoms with Crippen molar-refractivity contribution in [3.8, 4) is 5.69 Å². The van der Waals surface area contributed by atoms with Gasteiger partial charge in [-0.2, -0.15) is 5.10 Å². The highest BCUT2D eigenvalue weighted by Crippen LogP contribution is 2.24. The summed E-state index contributed by atoms with van der Waals surface area (Å²) in [7, 11) is 0. The maximum Gasteiger partial charge on any atom is 0.220 e. The molecule has 1 saturated heterocycles. The van der Waals surface area contributed by atoms with E-state index in [-0.39, 0.29) is 17.8 Å². The molecule has 2 aromatic heterocycles. The van der Waals surface area contributed by atoms with E-state index in [2.05, 4.69) is 25.7 Å². The van der Waals surface area contributed by atoms with E-state index < -0.39 is 0 Å². The Labute approximate surface area is 143 Å². The molecule has 0 aliphatic carbocycles. The monoisotopic (exact) mass is 340 g/mol. The Morgan fingerprint density at radius 3 is 3.00 bits per heavy atom. The number of hydrogen-bond acceptors (Lipinski definition) is 5. The number of nitrogens with zero attached hydrogens (tertiary/aromatic N) is 4. The number of benzene rings is 1. The van der Waals surface area contributed by atoms with Crippen LogP contribution in [0.3, 0.4) is 0 Å². The number of carbonyl (C=O) groups is 1. The molecule has 0 bridgehead atoms. The highest BCUT2D eigenvalue weighted by atomic mass is 19.1. The topological polar surface area (TPSA) is 84.7 Å². The van der Waals surface area contributed by atoms with Crippen molar-refractivity contribution in [2.24, 2.45) is 0 Å². The van der Waals surface area contributed by atoms with Crippen LogP contribution in [0, 0.1) is 5.82 Å². The fourth-order valence-corrected chi connectivity index (χ4v) is 3.02. The largest absolute Gasteiger partial charge is 0.367 e. The summed E-state index contributed by atoms with van der Waals surface area (Å²) in [6.07, 6.45) is 5.10. The van der Waals surface area contributed by atoms with Crippen molar-refractivity contribution in [1.29, 1.82) is 0 Å². The normalized spacial score (nSPS) is 18.0. The molecule has 1 aliphatic heterocycles. The number of hydrogen-bond donors (Lipinski definition) is 2. The number of para-hydroxylation sites is 1. The van der Waals surface area contributed by atoms with Gasteiger partial charge in [0.25, 0.3) is 0 Å². The molecule has 1 fully saturated rings. The molecule has 1 aromatic carbocycles. The molecule has 4 rings (SSSR count). The average molecular weight is 340 g/mol. The van der Waals surface area contributed by atoms with Gasteiger partial charge in [0.1, 0.15) is 23.6 Å². The van der Waals surface area contributed by atoms with Gasteiger partial charge < -0.3 is 10.6 Å². The molecule has 2 N–H and O–H groups in total. The van der Waals surface area contributed by atoms with Crippen LogP contribution in [-0.2, 0) is 4.79 Å². The van der Waals surface area contributed by atoms with E-state index in [0.29, 0.717) is 35.5 Å². The molecule has 0 spiro atoms.